The van der Waals surface area contributed by atoms with E-state index in [9.17, 15) is 4.79 Å². The Morgan fingerprint density at radius 2 is 2.00 bits per heavy atom. The molecule has 110 valence electrons. The second-order valence-corrected chi connectivity index (χ2v) is 5.94. The molecular formula is C15H24N4O. The van der Waals surface area contributed by atoms with Crippen LogP contribution in [0.1, 0.15) is 32.6 Å². The van der Waals surface area contributed by atoms with Crippen LogP contribution in [0.25, 0.3) is 0 Å². The minimum absolute atomic E-state index is 0.242. The van der Waals surface area contributed by atoms with E-state index in [1.54, 1.807) is 6.92 Å². The maximum Gasteiger partial charge on any atom is 0.219 e. The van der Waals surface area contributed by atoms with Crippen LogP contribution in [0, 0.1) is 0 Å². The summed E-state index contributed by atoms with van der Waals surface area (Å²) in [5, 5.41) is 4.27. The van der Waals surface area contributed by atoms with Crippen molar-refractivity contribution in [2.75, 3.05) is 19.6 Å². The van der Waals surface area contributed by atoms with E-state index in [4.69, 9.17) is 0 Å². The zero-order chi connectivity index (χ0) is 13.9. The van der Waals surface area contributed by atoms with Crippen LogP contribution in [0.15, 0.2) is 18.5 Å². The van der Waals surface area contributed by atoms with Gasteiger partial charge in [0.1, 0.15) is 0 Å². The first-order valence-corrected chi connectivity index (χ1v) is 7.74. The standard InChI is InChI=1S/C15H24N4O/c1-13(20)19-10-3-6-15(19)14-5-2-8-17(14)11-12-18-9-4-7-16-18/h4,7,9,14-15H,2-3,5-6,8,10-12H2,1H3/t14-,15-/m0/s1. The summed E-state index contributed by atoms with van der Waals surface area (Å²) in [4.78, 5) is 16.4. The van der Waals surface area contributed by atoms with E-state index in [1.165, 1.54) is 19.3 Å². The van der Waals surface area contributed by atoms with Crippen LogP contribution >= 0.6 is 0 Å². The summed E-state index contributed by atoms with van der Waals surface area (Å²) in [6.07, 6.45) is 8.66. The lowest BCUT2D eigenvalue weighted by Gasteiger charge is -2.34. The van der Waals surface area contributed by atoms with Crippen molar-refractivity contribution >= 4 is 5.91 Å². The Morgan fingerprint density at radius 1 is 1.20 bits per heavy atom. The third kappa shape index (κ3) is 2.73. The van der Waals surface area contributed by atoms with Gasteiger partial charge in [-0.25, -0.2) is 0 Å². The van der Waals surface area contributed by atoms with Gasteiger partial charge in [0, 0.05) is 44.5 Å². The fraction of sp³-hybridized carbons (Fsp3) is 0.733. The summed E-state index contributed by atoms with van der Waals surface area (Å²) in [5.41, 5.74) is 0. The predicted molar refractivity (Wildman–Crippen MR) is 77.2 cm³/mol. The van der Waals surface area contributed by atoms with E-state index in [0.717, 1.165) is 32.6 Å². The van der Waals surface area contributed by atoms with Gasteiger partial charge in [0.2, 0.25) is 5.91 Å². The quantitative estimate of drug-likeness (QED) is 0.834. The Hall–Kier alpha value is -1.36. The van der Waals surface area contributed by atoms with Crippen molar-refractivity contribution < 1.29 is 4.79 Å². The van der Waals surface area contributed by atoms with Crippen molar-refractivity contribution in [1.82, 2.24) is 19.6 Å². The molecule has 1 amide bonds. The van der Waals surface area contributed by atoms with E-state index in [-0.39, 0.29) is 5.91 Å². The minimum Gasteiger partial charge on any atom is -0.338 e. The molecule has 0 aliphatic carbocycles. The molecule has 0 radical (unpaired) electrons. The molecule has 1 aromatic heterocycles. The molecule has 2 saturated heterocycles. The first kappa shape index (κ1) is 13.6. The lowest BCUT2D eigenvalue weighted by molar-refractivity contribution is -0.130. The highest BCUT2D eigenvalue weighted by atomic mass is 16.2. The van der Waals surface area contributed by atoms with Crippen LogP contribution in [0.3, 0.4) is 0 Å². The SMILES string of the molecule is CC(=O)N1CCC[C@H]1[C@@H]1CCCN1CCn1cccn1. The molecule has 0 saturated carbocycles. The number of nitrogens with zero attached hydrogens (tertiary/aromatic N) is 4. The van der Waals surface area contributed by atoms with Gasteiger partial charge in [0.05, 0.1) is 6.54 Å². The monoisotopic (exact) mass is 276 g/mol. The minimum atomic E-state index is 0.242. The molecule has 2 atom stereocenters. The van der Waals surface area contributed by atoms with Crippen LogP contribution in [0.5, 0.6) is 0 Å². The lowest BCUT2D eigenvalue weighted by Crippen LogP contribution is -2.48. The fourth-order valence-electron chi connectivity index (χ4n) is 3.81. The molecular weight excluding hydrogens is 252 g/mol. The van der Waals surface area contributed by atoms with Crippen molar-refractivity contribution in [2.45, 2.75) is 51.2 Å². The smallest absolute Gasteiger partial charge is 0.219 e. The molecule has 20 heavy (non-hydrogen) atoms. The molecule has 2 aliphatic heterocycles. The Morgan fingerprint density at radius 3 is 2.75 bits per heavy atom. The second kappa shape index (κ2) is 5.95. The number of carbonyl (C=O) groups excluding carboxylic acids is 1. The third-order valence-electron chi connectivity index (χ3n) is 4.74. The maximum absolute atomic E-state index is 11.8. The summed E-state index contributed by atoms with van der Waals surface area (Å²) >= 11 is 0. The Labute approximate surface area is 120 Å². The Kier molecular flexibility index (Phi) is 4.05. The number of hydrogen-bond acceptors (Lipinski definition) is 3. The van der Waals surface area contributed by atoms with Crippen molar-refractivity contribution in [2.24, 2.45) is 0 Å². The highest BCUT2D eigenvalue weighted by Gasteiger charge is 2.38. The Bertz CT molecular complexity index is 445. The highest BCUT2D eigenvalue weighted by Crippen LogP contribution is 2.29. The molecule has 3 heterocycles. The molecule has 2 fully saturated rings. The molecule has 0 aromatic carbocycles. The summed E-state index contributed by atoms with van der Waals surface area (Å²) in [5.74, 6) is 0.242. The van der Waals surface area contributed by atoms with E-state index in [0.29, 0.717) is 12.1 Å². The summed E-state index contributed by atoms with van der Waals surface area (Å²) < 4.78 is 1.99. The zero-order valence-electron chi connectivity index (χ0n) is 12.2. The van der Waals surface area contributed by atoms with Gasteiger partial charge in [0.25, 0.3) is 0 Å². The van der Waals surface area contributed by atoms with Crippen molar-refractivity contribution in [3.8, 4) is 0 Å². The van der Waals surface area contributed by atoms with Gasteiger partial charge in [-0.3, -0.25) is 14.4 Å². The third-order valence-corrected chi connectivity index (χ3v) is 4.74. The number of likely N-dealkylation sites (tertiary alicyclic amines) is 2. The predicted octanol–water partition coefficient (Wildman–Crippen LogP) is 1.36. The topological polar surface area (TPSA) is 41.4 Å². The average Bonchev–Trinajstić information content (AvgIpc) is 3.16. The molecule has 3 rings (SSSR count). The zero-order valence-corrected chi connectivity index (χ0v) is 12.2. The number of rotatable bonds is 4. The molecule has 1 aromatic rings. The van der Waals surface area contributed by atoms with Gasteiger partial charge in [-0.2, -0.15) is 5.10 Å². The highest BCUT2D eigenvalue weighted by molar-refractivity contribution is 5.74. The van der Waals surface area contributed by atoms with E-state index in [2.05, 4.69) is 14.9 Å². The molecule has 5 nitrogen and oxygen atoms in total. The van der Waals surface area contributed by atoms with Crippen LogP contribution in [0.4, 0.5) is 0 Å². The van der Waals surface area contributed by atoms with Crippen molar-refractivity contribution in [3.63, 3.8) is 0 Å². The number of amides is 1. The normalized spacial score (nSPS) is 27.4. The van der Waals surface area contributed by atoms with Crippen LogP contribution in [-0.4, -0.2) is 57.2 Å². The van der Waals surface area contributed by atoms with E-state index < -0.39 is 0 Å². The first-order valence-electron chi connectivity index (χ1n) is 7.74. The fourth-order valence-corrected chi connectivity index (χ4v) is 3.81. The van der Waals surface area contributed by atoms with Crippen molar-refractivity contribution in [3.05, 3.63) is 18.5 Å². The molecule has 0 N–H and O–H groups in total. The lowest BCUT2D eigenvalue weighted by atomic mass is 10.0. The first-order chi connectivity index (χ1) is 9.75. The molecule has 5 heteroatoms. The van der Waals surface area contributed by atoms with Gasteiger partial charge in [-0.1, -0.05) is 0 Å². The van der Waals surface area contributed by atoms with Crippen LogP contribution in [-0.2, 0) is 11.3 Å². The van der Waals surface area contributed by atoms with Gasteiger partial charge in [-0.05, 0) is 38.3 Å². The summed E-state index contributed by atoms with van der Waals surface area (Å²) in [6, 6.07) is 2.96. The Balaban J connectivity index is 1.61. The molecule has 2 aliphatic rings. The van der Waals surface area contributed by atoms with Crippen LogP contribution in [0.2, 0.25) is 0 Å². The van der Waals surface area contributed by atoms with E-state index >= 15 is 0 Å². The van der Waals surface area contributed by atoms with Crippen LogP contribution < -0.4 is 0 Å². The number of hydrogen-bond donors (Lipinski definition) is 0. The van der Waals surface area contributed by atoms with Gasteiger partial charge >= 0.3 is 0 Å². The largest absolute Gasteiger partial charge is 0.338 e. The number of carbonyl (C=O) groups is 1. The average molecular weight is 276 g/mol. The number of aromatic nitrogens is 2. The van der Waals surface area contributed by atoms with E-state index in [1.807, 2.05) is 23.1 Å². The van der Waals surface area contributed by atoms with Gasteiger partial charge < -0.3 is 4.90 Å². The summed E-state index contributed by atoms with van der Waals surface area (Å²) in [6.45, 7) is 5.80. The van der Waals surface area contributed by atoms with Gasteiger partial charge in [0.15, 0.2) is 0 Å². The maximum atomic E-state index is 11.8. The molecule has 0 spiro atoms. The second-order valence-electron chi connectivity index (χ2n) is 5.94. The van der Waals surface area contributed by atoms with Crippen molar-refractivity contribution in [1.29, 1.82) is 0 Å². The molecule has 0 unspecified atom stereocenters. The summed E-state index contributed by atoms with van der Waals surface area (Å²) in [7, 11) is 0. The molecule has 0 bridgehead atoms. The van der Waals surface area contributed by atoms with Gasteiger partial charge in [-0.15, -0.1) is 0 Å².